The molecular formula is C24H24N6O3S2. The number of aromatic nitrogens is 3. The number of anilines is 3. The predicted molar refractivity (Wildman–Crippen MR) is 139 cm³/mol. The molecule has 2 aromatic heterocycles. The standard InChI is InChI=1S/C24H24N6O3S2/c25-23-29-21-8-3-16(13-22(21)34-23)1-2-17-14-26-24(27-15-17)28-18-4-6-20(7-5-18)35(32,33)30-11-9-19(31)10-12-30/h1-8,13-15,19,31H,9-12H2,(H2,25,29)(H,26,27,28). The zero-order valence-electron chi connectivity index (χ0n) is 18.7. The maximum atomic E-state index is 12.8. The van der Waals surface area contributed by atoms with E-state index in [4.69, 9.17) is 5.73 Å². The fourth-order valence-corrected chi connectivity index (χ4v) is 6.07. The lowest BCUT2D eigenvalue weighted by Gasteiger charge is -2.28. The van der Waals surface area contributed by atoms with E-state index in [-0.39, 0.29) is 4.90 Å². The largest absolute Gasteiger partial charge is 0.393 e. The van der Waals surface area contributed by atoms with E-state index in [2.05, 4.69) is 20.3 Å². The summed E-state index contributed by atoms with van der Waals surface area (Å²) in [4.78, 5) is 13.2. The Morgan fingerprint density at radius 2 is 1.71 bits per heavy atom. The summed E-state index contributed by atoms with van der Waals surface area (Å²) in [6, 6.07) is 12.5. The number of aliphatic hydroxyl groups excluding tert-OH is 1. The summed E-state index contributed by atoms with van der Waals surface area (Å²) in [5.41, 5.74) is 9.20. The number of sulfonamides is 1. The van der Waals surface area contributed by atoms with Crippen molar-refractivity contribution in [2.24, 2.45) is 0 Å². The van der Waals surface area contributed by atoms with Crippen LogP contribution < -0.4 is 11.1 Å². The first-order valence-corrected chi connectivity index (χ1v) is 13.3. The molecule has 3 heterocycles. The van der Waals surface area contributed by atoms with Crippen molar-refractivity contribution in [2.45, 2.75) is 23.8 Å². The number of nitrogen functional groups attached to an aromatic ring is 1. The molecular weight excluding hydrogens is 484 g/mol. The lowest BCUT2D eigenvalue weighted by molar-refractivity contribution is 0.113. The third-order valence-corrected chi connectivity index (χ3v) is 8.50. The van der Waals surface area contributed by atoms with Gasteiger partial charge in [0, 0.05) is 36.7 Å². The minimum atomic E-state index is -3.57. The molecule has 9 nitrogen and oxygen atoms in total. The van der Waals surface area contributed by atoms with Crippen LogP contribution in [-0.2, 0) is 10.0 Å². The molecule has 5 rings (SSSR count). The Labute approximate surface area is 207 Å². The van der Waals surface area contributed by atoms with Crippen LogP contribution in [0.4, 0.5) is 16.8 Å². The minimum absolute atomic E-state index is 0.222. The van der Waals surface area contributed by atoms with Gasteiger partial charge in [0.1, 0.15) is 0 Å². The first-order chi connectivity index (χ1) is 16.9. The number of rotatable bonds is 6. The van der Waals surface area contributed by atoms with Crippen LogP contribution in [0.15, 0.2) is 59.8 Å². The van der Waals surface area contributed by atoms with Crippen molar-refractivity contribution < 1.29 is 13.5 Å². The summed E-state index contributed by atoms with van der Waals surface area (Å²) in [5.74, 6) is 0.407. The van der Waals surface area contributed by atoms with Gasteiger partial charge < -0.3 is 16.2 Å². The molecule has 1 aliphatic rings. The Morgan fingerprint density at radius 3 is 2.43 bits per heavy atom. The van der Waals surface area contributed by atoms with E-state index in [1.54, 1.807) is 36.7 Å². The highest BCUT2D eigenvalue weighted by Gasteiger charge is 2.28. The highest BCUT2D eigenvalue weighted by molar-refractivity contribution is 7.89. The van der Waals surface area contributed by atoms with Gasteiger partial charge in [-0.1, -0.05) is 29.6 Å². The van der Waals surface area contributed by atoms with Crippen molar-refractivity contribution in [1.29, 1.82) is 0 Å². The van der Waals surface area contributed by atoms with Crippen molar-refractivity contribution in [1.82, 2.24) is 19.3 Å². The van der Waals surface area contributed by atoms with Crippen molar-refractivity contribution in [2.75, 3.05) is 24.1 Å². The molecule has 35 heavy (non-hydrogen) atoms. The van der Waals surface area contributed by atoms with E-state index in [1.807, 2.05) is 30.4 Å². The number of fused-ring (bicyclic) bond motifs is 1. The Kier molecular flexibility index (Phi) is 6.48. The summed E-state index contributed by atoms with van der Waals surface area (Å²) in [5, 5.41) is 13.3. The van der Waals surface area contributed by atoms with Crippen LogP contribution >= 0.6 is 11.3 Å². The zero-order valence-corrected chi connectivity index (χ0v) is 20.3. The van der Waals surface area contributed by atoms with Gasteiger partial charge in [0.25, 0.3) is 0 Å². The number of nitrogens with zero attached hydrogens (tertiary/aromatic N) is 4. The van der Waals surface area contributed by atoms with E-state index in [0.29, 0.717) is 42.7 Å². The molecule has 4 aromatic rings. The van der Waals surface area contributed by atoms with E-state index >= 15 is 0 Å². The molecule has 4 N–H and O–H groups in total. The van der Waals surface area contributed by atoms with Gasteiger partial charge in [0.05, 0.1) is 21.2 Å². The minimum Gasteiger partial charge on any atom is -0.393 e. The molecule has 1 saturated heterocycles. The predicted octanol–water partition coefficient (Wildman–Crippen LogP) is 3.73. The molecule has 180 valence electrons. The van der Waals surface area contributed by atoms with Crippen LogP contribution in [0.2, 0.25) is 0 Å². The maximum Gasteiger partial charge on any atom is 0.243 e. The second-order valence-corrected chi connectivity index (χ2v) is 11.2. The SMILES string of the molecule is Nc1nc2ccc(C=Cc3cnc(Nc4ccc(S(=O)(=O)N5CCC(O)CC5)cc4)nc3)cc2s1. The first kappa shape index (κ1) is 23.4. The van der Waals surface area contributed by atoms with Gasteiger partial charge in [0.2, 0.25) is 16.0 Å². The average Bonchev–Trinajstić information content (AvgIpc) is 3.23. The summed E-state index contributed by atoms with van der Waals surface area (Å²) < 4.78 is 28.1. The summed E-state index contributed by atoms with van der Waals surface area (Å²) in [6.45, 7) is 0.652. The zero-order chi connectivity index (χ0) is 24.4. The number of nitrogens with two attached hydrogens (primary N) is 1. The number of thiazole rings is 1. The van der Waals surface area contributed by atoms with E-state index in [1.165, 1.54) is 15.6 Å². The van der Waals surface area contributed by atoms with Gasteiger partial charge in [-0.3, -0.25) is 0 Å². The molecule has 11 heteroatoms. The van der Waals surface area contributed by atoms with Crippen LogP contribution in [-0.4, -0.2) is 52.0 Å². The van der Waals surface area contributed by atoms with Crippen molar-refractivity contribution in [3.8, 4) is 0 Å². The molecule has 0 aliphatic carbocycles. The third-order valence-electron chi connectivity index (χ3n) is 5.74. The molecule has 1 fully saturated rings. The van der Waals surface area contributed by atoms with E-state index in [9.17, 15) is 13.5 Å². The molecule has 0 amide bonds. The van der Waals surface area contributed by atoms with Crippen LogP contribution in [0.25, 0.3) is 22.4 Å². The highest BCUT2D eigenvalue weighted by Crippen LogP contribution is 2.26. The van der Waals surface area contributed by atoms with E-state index in [0.717, 1.165) is 21.3 Å². The normalized spacial score (nSPS) is 15.7. The quantitative estimate of drug-likeness (QED) is 0.359. The van der Waals surface area contributed by atoms with Crippen LogP contribution in [0.1, 0.15) is 24.0 Å². The molecule has 1 aliphatic heterocycles. The van der Waals surface area contributed by atoms with Crippen molar-refractivity contribution in [3.63, 3.8) is 0 Å². The first-order valence-electron chi connectivity index (χ1n) is 11.1. The van der Waals surface area contributed by atoms with Crippen LogP contribution in [0, 0.1) is 0 Å². The molecule has 2 aromatic carbocycles. The monoisotopic (exact) mass is 508 g/mol. The smallest absolute Gasteiger partial charge is 0.243 e. The maximum absolute atomic E-state index is 12.8. The molecule has 0 spiro atoms. The van der Waals surface area contributed by atoms with Gasteiger partial charge in [-0.15, -0.1) is 0 Å². The Morgan fingerprint density at radius 1 is 1.03 bits per heavy atom. The lowest BCUT2D eigenvalue weighted by atomic mass is 10.1. The number of hydrogen-bond donors (Lipinski definition) is 3. The number of aliphatic hydroxyl groups is 1. The Hall–Kier alpha value is -3.38. The van der Waals surface area contributed by atoms with Gasteiger partial charge in [0.15, 0.2) is 5.13 Å². The Bertz CT molecular complexity index is 1460. The van der Waals surface area contributed by atoms with Gasteiger partial charge >= 0.3 is 0 Å². The number of benzene rings is 2. The highest BCUT2D eigenvalue weighted by atomic mass is 32.2. The fraction of sp³-hybridized carbons (Fsp3) is 0.208. The van der Waals surface area contributed by atoms with Gasteiger partial charge in [-0.2, -0.15) is 4.31 Å². The van der Waals surface area contributed by atoms with Crippen molar-refractivity contribution in [3.05, 3.63) is 66.0 Å². The molecule has 0 bridgehead atoms. The topological polar surface area (TPSA) is 134 Å². The summed E-state index contributed by atoms with van der Waals surface area (Å²) in [7, 11) is -3.57. The third kappa shape index (κ3) is 5.33. The van der Waals surface area contributed by atoms with Crippen molar-refractivity contribution >= 4 is 60.5 Å². The number of nitrogens with one attached hydrogen (secondary N) is 1. The van der Waals surface area contributed by atoms with E-state index < -0.39 is 16.1 Å². The lowest BCUT2D eigenvalue weighted by Crippen LogP contribution is -2.39. The van der Waals surface area contributed by atoms with Crippen LogP contribution in [0.5, 0.6) is 0 Å². The molecule has 0 radical (unpaired) electrons. The molecule has 0 unspecified atom stereocenters. The summed E-state index contributed by atoms with van der Waals surface area (Å²) >= 11 is 1.46. The van der Waals surface area contributed by atoms with Crippen LogP contribution in [0.3, 0.4) is 0 Å². The number of hydrogen-bond acceptors (Lipinski definition) is 9. The second-order valence-electron chi connectivity index (χ2n) is 8.24. The molecule has 0 atom stereocenters. The molecule has 0 saturated carbocycles. The average molecular weight is 509 g/mol. The fourth-order valence-electron chi connectivity index (χ4n) is 3.81. The van der Waals surface area contributed by atoms with Gasteiger partial charge in [-0.25, -0.2) is 23.4 Å². The summed E-state index contributed by atoms with van der Waals surface area (Å²) in [6.07, 6.45) is 7.80. The van der Waals surface area contributed by atoms with Gasteiger partial charge in [-0.05, 0) is 54.8 Å². The number of piperidine rings is 1. The Balaban J connectivity index is 1.22. The second kappa shape index (κ2) is 9.70.